The molecule has 0 heterocycles. The highest BCUT2D eigenvalue weighted by atomic mass is 14.9. The summed E-state index contributed by atoms with van der Waals surface area (Å²) < 4.78 is 0. The van der Waals surface area contributed by atoms with Gasteiger partial charge in [-0.2, -0.15) is 0 Å². The van der Waals surface area contributed by atoms with E-state index in [-0.39, 0.29) is 0 Å². The third kappa shape index (κ3) is 6.82. The lowest BCUT2D eigenvalue weighted by molar-refractivity contribution is 0.299. The Morgan fingerprint density at radius 3 is 1.83 bits per heavy atom. The van der Waals surface area contributed by atoms with E-state index < -0.39 is 0 Å². The fourth-order valence-corrected chi connectivity index (χ4v) is 2.47. The van der Waals surface area contributed by atoms with Gasteiger partial charge in [0.15, 0.2) is 0 Å². The van der Waals surface area contributed by atoms with E-state index in [1.165, 1.54) is 12.8 Å². The molecule has 1 N–H and O–H groups in total. The van der Waals surface area contributed by atoms with E-state index in [1.807, 2.05) is 0 Å². The minimum absolute atomic E-state index is 0.426. The Hall–Kier alpha value is 0.0249. The van der Waals surface area contributed by atoms with Crippen molar-refractivity contribution in [3.8, 4) is 0 Å². The molecule has 0 saturated heterocycles. The van der Waals surface area contributed by atoms with E-state index >= 15 is 0 Å². The van der Waals surface area contributed by atoms with E-state index in [9.17, 15) is 0 Å². The normalized spacial score (nSPS) is 20.8. The first kappa shape index (κ1) is 18.0. The molecule has 0 aromatic heterocycles. The van der Waals surface area contributed by atoms with Gasteiger partial charge in [0, 0.05) is 12.1 Å². The Morgan fingerprint density at radius 1 is 0.944 bits per heavy atom. The van der Waals surface area contributed by atoms with Crippen molar-refractivity contribution in [1.29, 1.82) is 0 Å². The second kappa shape index (κ2) is 7.57. The van der Waals surface area contributed by atoms with Gasteiger partial charge in [0.25, 0.3) is 0 Å². The topological polar surface area (TPSA) is 12.0 Å². The summed E-state index contributed by atoms with van der Waals surface area (Å²) >= 11 is 0. The van der Waals surface area contributed by atoms with E-state index in [1.54, 1.807) is 0 Å². The van der Waals surface area contributed by atoms with Crippen LogP contribution in [0.1, 0.15) is 68.2 Å². The largest absolute Gasteiger partial charge is 0.312 e. The fraction of sp³-hybridized carbons (Fsp3) is 1.00. The molecule has 18 heavy (non-hydrogen) atoms. The molecule has 2 heteroatoms. The van der Waals surface area contributed by atoms with Crippen LogP contribution in [-0.4, -0.2) is 19.9 Å². The molecule has 4 atom stereocenters. The second-order valence-electron chi connectivity index (χ2n) is 7.77. The molecular weight excluding hydrogens is 217 g/mol. The highest BCUT2D eigenvalue weighted by Gasteiger charge is 2.25. The van der Waals surface area contributed by atoms with Crippen LogP contribution in [0.25, 0.3) is 0 Å². The van der Waals surface area contributed by atoms with Crippen LogP contribution in [0, 0.1) is 17.8 Å². The van der Waals surface area contributed by atoms with Gasteiger partial charge in [0.2, 0.25) is 0 Å². The minimum Gasteiger partial charge on any atom is -0.312 e. The van der Waals surface area contributed by atoms with Gasteiger partial charge < -0.3 is 5.32 Å². The van der Waals surface area contributed by atoms with Crippen LogP contribution < -0.4 is 5.32 Å². The monoisotopic (exact) mass is 253 g/mol. The van der Waals surface area contributed by atoms with Gasteiger partial charge in [-0.15, -0.1) is 0 Å². The van der Waals surface area contributed by atoms with Gasteiger partial charge in [0.1, 0.15) is 7.85 Å². The lowest BCUT2D eigenvalue weighted by atomic mass is 9.60. The molecule has 0 bridgehead atoms. The Balaban J connectivity index is 4.12. The zero-order chi connectivity index (χ0) is 14.5. The molecule has 0 amide bonds. The van der Waals surface area contributed by atoms with E-state index in [2.05, 4.69) is 68.6 Å². The Labute approximate surface area is 117 Å². The summed E-state index contributed by atoms with van der Waals surface area (Å²) in [5.74, 6) is 2.33. The molecule has 0 aromatic rings. The van der Waals surface area contributed by atoms with Crippen LogP contribution in [0.3, 0.4) is 0 Å². The molecular formula is C16H36BN. The molecule has 0 aliphatic carbocycles. The molecule has 4 unspecified atom stereocenters. The molecule has 108 valence electrons. The summed E-state index contributed by atoms with van der Waals surface area (Å²) in [6.45, 7) is 18.7. The van der Waals surface area contributed by atoms with Crippen molar-refractivity contribution >= 4 is 7.85 Å². The van der Waals surface area contributed by atoms with Crippen molar-refractivity contribution in [1.82, 2.24) is 5.32 Å². The molecule has 0 saturated carbocycles. The van der Waals surface area contributed by atoms with Crippen molar-refractivity contribution in [2.45, 2.75) is 85.6 Å². The highest BCUT2D eigenvalue weighted by Crippen LogP contribution is 2.36. The number of hydrogen-bond acceptors (Lipinski definition) is 1. The summed E-state index contributed by atoms with van der Waals surface area (Å²) in [5, 5.41) is 4.20. The Bertz CT molecular complexity index is 223. The number of rotatable bonds is 8. The van der Waals surface area contributed by atoms with Crippen LogP contribution >= 0.6 is 0 Å². The second-order valence-corrected chi connectivity index (χ2v) is 7.77. The third-order valence-corrected chi connectivity index (χ3v) is 4.83. The van der Waals surface area contributed by atoms with Gasteiger partial charge in [-0.1, -0.05) is 46.9 Å². The van der Waals surface area contributed by atoms with Gasteiger partial charge in [-0.05, 0) is 44.4 Å². The Kier molecular flexibility index (Phi) is 7.58. The Morgan fingerprint density at radius 2 is 1.44 bits per heavy atom. The number of nitrogens with one attached hydrogen (secondary N) is 1. The lowest BCUT2D eigenvalue weighted by Crippen LogP contribution is -2.38. The number of hydrogen-bond donors (Lipinski definition) is 1. The van der Waals surface area contributed by atoms with Crippen molar-refractivity contribution in [2.75, 3.05) is 0 Å². The van der Waals surface area contributed by atoms with Gasteiger partial charge in [-0.25, -0.2) is 0 Å². The molecule has 0 spiro atoms. The first-order valence-corrected chi connectivity index (χ1v) is 7.82. The summed E-state index contributed by atoms with van der Waals surface area (Å²) in [6, 6.07) is 1.23. The average molecular weight is 253 g/mol. The predicted octanol–water partition coefficient (Wildman–Crippen LogP) is 3.89. The van der Waals surface area contributed by atoms with Crippen LogP contribution in [0.5, 0.6) is 0 Å². The molecule has 0 radical (unpaired) electrons. The minimum atomic E-state index is 0.426. The zero-order valence-electron chi connectivity index (χ0n) is 14.3. The van der Waals surface area contributed by atoms with E-state index in [0.29, 0.717) is 17.4 Å². The smallest absolute Gasteiger partial charge is 0.109 e. The molecule has 0 aromatic carbocycles. The standard InChI is InChI=1S/C16H36BN/c1-11(2)13(5)9-14(6)18-15(7)10-16(8,17)12(3)4/h11-15,18H,9-10,17H2,1-8H3. The summed E-state index contributed by atoms with van der Waals surface area (Å²) in [7, 11) is 2.39. The van der Waals surface area contributed by atoms with Gasteiger partial charge >= 0.3 is 0 Å². The van der Waals surface area contributed by atoms with Gasteiger partial charge in [0.05, 0.1) is 0 Å². The SMILES string of the molecule is BC(C)(CC(C)NC(C)CC(C)C(C)C)C(C)C. The lowest BCUT2D eigenvalue weighted by Gasteiger charge is -2.34. The quantitative estimate of drug-likeness (QED) is 0.647. The van der Waals surface area contributed by atoms with E-state index in [0.717, 1.165) is 17.8 Å². The van der Waals surface area contributed by atoms with E-state index in [4.69, 9.17) is 0 Å². The maximum atomic E-state index is 3.78. The van der Waals surface area contributed by atoms with Crippen LogP contribution in [0.15, 0.2) is 0 Å². The first-order valence-electron chi connectivity index (χ1n) is 7.82. The van der Waals surface area contributed by atoms with Crippen molar-refractivity contribution in [3.63, 3.8) is 0 Å². The van der Waals surface area contributed by atoms with Crippen LogP contribution in [-0.2, 0) is 0 Å². The molecule has 0 fully saturated rings. The van der Waals surface area contributed by atoms with Crippen molar-refractivity contribution in [3.05, 3.63) is 0 Å². The predicted molar refractivity (Wildman–Crippen MR) is 87.0 cm³/mol. The highest BCUT2D eigenvalue weighted by molar-refractivity contribution is 6.15. The fourth-order valence-electron chi connectivity index (χ4n) is 2.47. The van der Waals surface area contributed by atoms with Crippen molar-refractivity contribution in [2.24, 2.45) is 17.8 Å². The zero-order valence-corrected chi connectivity index (χ0v) is 14.3. The maximum absolute atomic E-state index is 3.78. The average Bonchev–Trinajstić information content (AvgIpc) is 2.15. The summed E-state index contributed by atoms with van der Waals surface area (Å²) in [4.78, 5) is 0. The molecule has 0 aliphatic rings. The van der Waals surface area contributed by atoms with Crippen LogP contribution in [0.2, 0.25) is 5.31 Å². The molecule has 1 nitrogen and oxygen atoms in total. The van der Waals surface area contributed by atoms with Gasteiger partial charge in [-0.3, -0.25) is 0 Å². The summed E-state index contributed by atoms with van der Waals surface area (Å²) in [6.07, 6.45) is 2.54. The molecule has 0 rings (SSSR count). The third-order valence-electron chi connectivity index (χ3n) is 4.83. The molecule has 0 aliphatic heterocycles. The summed E-state index contributed by atoms with van der Waals surface area (Å²) in [5.41, 5.74) is 0. The van der Waals surface area contributed by atoms with Crippen LogP contribution in [0.4, 0.5) is 0 Å². The van der Waals surface area contributed by atoms with Crippen molar-refractivity contribution < 1.29 is 0 Å². The maximum Gasteiger partial charge on any atom is 0.109 e. The first-order chi connectivity index (χ1) is 8.06.